The summed E-state index contributed by atoms with van der Waals surface area (Å²) in [5, 5.41) is 0. The molecule has 0 aromatic heterocycles. The third-order valence-corrected chi connectivity index (χ3v) is 4.01. The summed E-state index contributed by atoms with van der Waals surface area (Å²) in [4.78, 5) is 1.86. The summed E-state index contributed by atoms with van der Waals surface area (Å²) in [6.45, 7) is 2.72. The van der Waals surface area contributed by atoms with Crippen molar-refractivity contribution in [2.75, 3.05) is 11.4 Å². The fourth-order valence-corrected chi connectivity index (χ4v) is 2.92. The SMILES string of the molecule is Cc1ccc2c(c1)CCCN2c1ccc(CN)c(F)c1F. The van der Waals surface area contributed by atoms with E-state index in [-0.39, 0.29) is 17.8 Å². The minimum Gasteiger partial charge on any atom is -0.339 e. The average molecular weight is 288 g/mol. The Kier molecular flexibility index (Phi) is 3.64. The molecule has 0 amide bonds. The molecule has 2 nitrogen and oxygen atoms in total. The number of anilines is 2. The Balaban J connectivity index is 2.09. The van der Waals surface area contributed by atoms with E-state index >= 15 is 0 Å². The van der Waals surface area contributed by atoms with Gasteiger partial charge in [-0.25, -0.2) is 8.78 Å². The van der Waals surface area contributed by atoms with Gasteiger partial charge in [-0.05, 0) is 37.5 Å². The van der Waals surface area contributed by atoms with Crippen LogP contribution in [0.2, 0.25) is 0 Å². The number of aryl methyl sites for hydroxylation is 2. The van der Waals surface area contributed by atoms with Crippen LogP contribution in [-0.4, -0.2) is 6.54 Å². The van der Waals surface area contributed by atoms with Crippen LogP contribution in [0.15, 0.2) is 30.3 Å². The van der Waals surface area contributed by atoms with Gasteiger partial charge in [0.05, 0.1) is 5.69 Å². The van der Waals surface area contributed by atoms with E-state index in [1.165, 1.54) is 11.1 Å². The van der Waals surface area contributed by atoms with Crippen LogP contribution in [0, 0.1) is 18.6 Å². The van der Waals surface area contributed by atoms with Crippen LogP contribution >= 0.6 is 0 Å². The minimum atomic E-state index is -0.839. The standard InChI is InChI=1S/C17H18F2N2/c1-11-4-6-14-12(9-11)3-2-8-21(14)15-7-5-13(10-20)16(18)17(15)19/h4-7,9H,2-3,8,10,20H2,1H3. The molecule has 3 rings (SSSR count). The molecule has 0 saturated heterocycles. The normalized spacial score (nSPS) is 14.2. The number of benzene rings is 2. The lowest BCUT2D eigenvalue weighted by molar-refractivity contribution is 0.498. The van der Waals surface area contributed by atoms with E-state index in [2.05, 4.69) is 6.07 Å². The molecule has 2 N–H and O–H groups in total. The van der Waals surface area contributed by atoms with Crippen molar-refractivity contribution in [1.29, 1.82) is 0 Å². The molecule has 0 saturated carbocycles. The Labute approximate surface area is 123 Å². The van der Waals surface area contributed by atoms with Crippen LogP contribution in [-0.2, 0) is 13.0 Å². The van der Waals surface area contributed by atoms with Crippen LogP contribution in [0.25, 0.3) is 0 Å². The van der Waals surface area contributed by atoms with E-state index in [0.717, 1.165) is 18.5 Å². The Morgan fingerprint density at radius 3 is 2.62 bits per heavy atom. The number of hydrogen-bond acceptors (Lipinski definition) is 2. The van der Waals surface area contributed by atoms with Crippen molar-refractivity contribution in [2.24, 2.45) is 5.73 Å². The van der Waals surface area contributed by atoms with Gasteiger partial charge in [-0.15, -0.1) is 0 Å². The number of halogens is 2. The van der Waals surface area contributed by atoms with Crippen LogP contribution in [0.1, 0.15) is 23.1 Å². The van der Waals surface area contributed by atoms with Gasteiger partial charge in [0.15, 0.2) is 11.6 Å². The topological polar surface area (TPSA) is 29.3 Å². The van der Waals surface area contributed by atoms with Gasteiger partial charge in [-0.2, -0.15) is 0 Å². The molecule has 2 aromatic rings. The summed E-state index contributed by atoms with van der Waals surface area (Å²) in [6, 6.07) is 9.29. The van der Waals surface area contributed by atoms with Gasteiger partial charge in [0, 0.05) is 24.3 Å². The first-order chi connectivity index (χ1) is 10.1. The number of hydrogen-bond donors (Lipinski definition) is 1. The van der Waals surface area contributed by atoms with Crippen molar-refractivity contribution in [1.82, 2.24) is 0 Å². The molecule has 4 heteroatoms. The zero-order valence-corrected chi connectivity index (χ0v) is 12.0. The predicted molar refractivity (Wildman–Crippen MR) is 80.8 cm³/mol. The monoisotopic (exact) mass is 288 g/mol. The summed E-state index contributed by atoms with van der Waals surface area (Å²) in [5.74, 6) is -1.65. The molecule has 0 aliphatic carbocycles. The lowest BCUT2D eigenvalue weighted by Gasteiger charge is -2.32. The molecule has 0 unspecified atom stereocenters. The van der Waals surface area contributed by atoms with Gasteiger partial charge in [-0.3, -0.25) is 0 Å². The molecular formula is C17H18F2N2. The molecule has 2 aromatic carbocycles. The summed E-state index contributed by atoms with van der Waals surface area (Å²) < 4.78 is 28.3. The van der Waals surface area contributed by atoms with Crippen LogP contribution < -0.4 is 10.6 Å². The molecular weight excluding hydrogens is 270 g/mol. The van der Waals surface area contributed by atoms with Crippen molar-refractivity contribution >= 4 is 11.4 Å². The molecule has 0 radical (unpaired) electrons. The van der Waals surface area contributed by atoms with E-state index in [1.807, 2.05) is 24.0 Å². The van der Waals surface area contributed by atoms with Crippen molar-refractivity contribution in [3.8, 4) is 0 Å². The fraction of sp³-hybridized carbons (Fsp3) is 0.294. The summed E-state index contributed by atoms with van der Waals surface area (Å²) in [7, 11) is 0. The highest BCUT2D eigenvalue weighted by Crippen LogP contribution is 2.36. The van der Waals surface area contributed by atoms with E-state index in [1.54, 1.807) is 12.1 Å². The Hall–Kier alpha value is -1.94. The summed E-state index contributed by atoms with van der Waals surface area (Å²) in [6.07, 6.45) is 1.90. The van der Waals surface area contributed by atoms with Crippen molar-refractivity contribution in [3.05, 3.63) is 58.7 Å². The largest absolute Gasteiger partial charge is 0.339 e. The third-order valence-electron chi connectivity index (χ3n) is 4.01. The van der Waals surface area contributed by atoms with Crippen LogP contribution in [0.4, 0.5) is 20.2 Å². The molecule has 110 valence electrons. The quantitative estimate of drug-likeness (QED) is 0.910. The van der Waals surface area contributed by atoms with Crippen molar-refractivity contribution in [3.63, 3.8) is 0 Å². The first-order valence-corrected chi connectivity index (χ1v) is 7.16. The molecule has 0 atom stereocenters. The lowest BCUT2D eigenvalue weighted by atomic mass is 9.98. The van der Waals surface area contributed by atoms with E-state index < -0.39 is 11.6 Å². The van der Waals surface area contributed by atoms with E-state index in [0.29, 0.717) is 6.54 Å². The molecule has 0 spiro atoms. The smallest absolute Gasteiger partial charge is 0.182 e. The minimum absolute atomic E-state index is 0.00118. The molecule has 21 heavy (non-hydrogen) atoms. The number of fused-ring (bicyclic) bond motifs is 1. The zero-order chi connectivity index (χ0) is 15.0. The van der Waals surface area contributed by atoms with Gasteiger partial charge in [0.1, 0.15) is 0 Å². The fourth-order valence-electron chi connectivity index (χ4n) is 2.92. The van der Waals surface area contributed by atoms with E-state index in [9.17, 15) is 8.78 Å². The van der Waals surface area contributed by atoms with E-state index in [4.69, 9.17) is 5.73 Å². The lowest BCUT2D eigenvalue weighted by Crippen LogP contribution is -2.26. The van der Waals surface area contributed by atoms with Crippen molar-refractivity contribution < 1.29 is 8.78 Å². The van der Waals surface area contributed by atoms with Crippen LogP contribution in [0.5, 0.6) is 0 Å². The second-order valence-electron chi connectivity index (χ2n) is 5.46. The highest BCUT2D eigenvalue weighted by Gasteiger charge is 2.23. The van der Waals surface area contributed by atoms with Gasteiger partial charge >= 0.3 is 0 Å². The summed E-state index contributed by atoms with van der Waals surface area (Å²) in [5.41, 5.74) is 9.24. The molecule has 1 aliphatic heterocycles. The van der Waals surface area contributed by atoms with Gasteiger partial charge < -0.3 is 10.6 Å². The van der Waals surface area contributed by atoms with Gasteiger partial charge in [0.2, 0.25) is 0 Å². The highest BCUT2D eigenvalue weighted by atomic mass is 19.2. The number of nitrogens with two attached hydrogens (primary N) is 1. The Morgan fingerprint density at radius 1 is 1.10 bits per heavy atom. The first kappa shape index (κ1) is 14.0. The predicted octanol–water partition coefficient (Wildman–Crippen LogP) is 3.82. The summed E-state index contributed by atoms with van der Waals surface area (Å²) >= 11 is 0. The Bertz CT molecular complexity index is 683. The maximum atomic E-state index is 14.3. The number of nitrogens with zero attached hydrogens (tertiary/aromatic N) is 1. The maximum absolute atomic E-state index is 14.3. The maximum Gasteiger partial charge on any atom is 0.182 e. The Morgan fingerprint density at radius 2 is 1.86 bits per heavy atom. The highest BCUT2D eigenvalue weighted by molar-refractivity contribution is 5.69. The average Bonchev–Trinajstić information content (AvgIpc) is 2.49. The molecule has 0 fully saturated rings. The number of rotatable bonds is 2. The second-order valence-corrected chi connectivity index (χ2v) is 5.46. The molecule has 0 bridgehead atoms. The van der Waals surface area contributed by atoms with Gasteiger partial charge in [0.25, 0.3) is 0 Å². The molecule has 1 heterocycles. The van der Waals surface area contributed by atoms with Crippen molar-refractivity contribution in [2.45, 2.75) is 26.3 Å². The first-order valence-electron chi connectivity index (χ1n) is 7.16. The van der Waals surface area contributed by atoms with Crippen LogP contribution in [0.3, 0.4) is 0 Å². The second kappa shape index (κ2) is 5.45. The zero-order valence-electron chi connectivity index (χ0n) is 12.0. The third kappa shape index (κ3) is 2.40. The van der Waals surface area contributed by atoms with Gasteiger partial charge in [-0.1, -0.05) is 23.8 Å². The molecule has 1 aliphatic rings.